The van der Waals surface area contributed by atoms with Crippen molar-refractivity contribution < 1.29 is 9.53 Å². The molecule has 0 saturated carbocycles. The fraction of sp³-hybridized carbons (Fsp3) is 0.364. The number of rotatable bonds is 4. The van der Waals surface area contributed by atoms with Crippen LogP contribution < -0.4 is 5.73 Å². The molecule has 0 radical (unpaired) electrons. The van der Waals surface area contributed by atoms with Gasteiger partial charge in [-0.2, -0.15) is 5.26 Å². The molecule has 0 spiro atoms. The maximum absolute atomic E-state index is 10.4. The van der Waals surface area contributed by atoms with E-state index in [4.69, 9.17) is 11.0 Å². The zero-order valence-electron chi connectivity index (χ0n) is 16.5. The molecule has 0 aliphatic carbocycles. The lowest BCUT2D eigenvalue weighted by Gasteiger charge is -2.04. The number of methoxy groups -OCH3 is 1. The van der Waals surface area contributed by atoms with Gasteiger partial charge in [-0.15, -0.1) is 0 Å². The van der Waals surface area contributed by atoms with Crippen LogP contribution in [0.3, 0.4) is 0 Å². The molecule has 0 amide bonds. The first kappa shape index (κ1) is 23.4. The summed E-state index contributed by atoms with van der Waals surface area (Å²) >= 11 is 0. The minimum absolute atomic E-state index is 0.125. The zero-order chi connectivity index (χ0) is 19.9. The lowest BCUT2D eigenvalue weighted by molar-refractivity contribution is -0.141. The van der Waals surface area contributed by atoms with Crippen LogP contribution in [0.2, 0.25) is 0 Å². The summed E-state index contributed by atoms with van der Waals surface area (Å²) < 4.78 is 4.42. The second-order valence-electron chi connectivity index (χ2n) is 5.73. The Labute approximate surface area is 157 Å². The number of nitrogens with two attached hydrogens (primary N) is 1. The Morgan fingerprint density at radius 3 is 2.12 bits per heavy atom. The van der Waals surface area contributed by atoms with Crippen molar-refractivity contribution in [2.24, 2.45) is 11.7 Å². The van der Waals surface area contributed by atoms with Crippen molar-refractivity contribution in [3.63, 3.8) is 0 Å². The predicted molar refractivity (Wildman–Crippen MR) is 107 cm³/mol. The van der Waals surface area contributed by atoms with Crippen LogP contribution in [0.15, 0.2) is 48.5 Å². The van der Waals surface area contributed by atoms with E-state index in [-0.39, 0.29) is 5.97 Å². The first-order chi connectivity index (χ1) is 12.5. The molecule has 0 saturated heterocycles. The Morgan fingerprint density at radius 1 is 1.12 bits per heavy atom. The minimum atomic E-state index is -0.125. The molecule has 2 rings (SSSR count). The average molecular weight is 354 g/mol. The molecule has 0 heterocycles. The highest BCUT2D eigenvalue weighted by Crippen LogP contribution is 2.23. The van der Waals surface area contributed by atoms with E-state index in [1.54, 1.807) is 0 Å². The number of hydrogen-bond donors (Lipinski definition) is 1. The number of benzene rings is 2. The smallest absolute Gasteiger partial charge is 0.305 e. The summed E-state index contributed by atoms with van der Waals surface area (Å²) in [5.74, 6) is 0.280. The van der Waals surface area contributed by atoms with Crippen molar-refractivity contribution in [1.29, 1.82) is 5.26 Å². The highest BCUT2D eigenvalue weighted by atomic mass is 16.5. The van der Waals surface area contributed by atoms with E-state index >= 15 is 0 Å². The summed E-state index contributed by atoms with van der Waals surface area (Å²) in [6.45, 7) is 8.51. The first-order valence-electron chi connectivity index (χ1n) is 8.87. The summed E-state index contributed by atoms with van der Waals surface area (Å²) in [5, 5.41) is 9.01. The van der Waals surface area contributed by atoms with Crippen LogP contribution in [-0.2, 0) is 16.1 Å². The minimum Gasteiger partial charge on any atom is -0.469 e. The highest BCUT2D eigenvalue weighted by Gasteiger charge is 2.03. The molecule has 26 heavy (non-hydrogen) atoms. The van der Waals surface area contributed by atoms with E-state index < -0.39 is 0 Å². The second kappa shape index (κ2) is 13.6. The van der Waals surface area contributed by atoms with E-state index in [1.807, 2.05) is 76.2 Å². The van der Waals surface area contributed by atoms with E-state index in [0.29, 0.717) is 24.4 Å². The Kier molecular flexibility index (Phi) is 12.2. The summed E-state index contributed by atoms with van der Waals surface area (Å²) in [7, 11) is 1.41. The fourth-order valence-electron chi connectivity index (χ4n) is 2.07. The lowest BCUT2D eigenvalue weighted by Crippen LogP contribution is -2.03. The number of carbonyl (C=O) groups excluding carboxylic acids is 1. The molecule has 0 aromatic heterocycles. The topological polar surface area (TPSA) is 76.1 Å². The Morgan fingerprint density at radius 2 is 1.69 bits per heavy atom. The van der Waals surface area contributed by atoms with Crippen molar-refractivity contribution in [2.75, 3.05) is 7.11 Å². The van der Waals surface area contributed by atoms with Gasteiger partial charge < -0.3 is 10.5 Å². The lowest BCUT2D eigenvalue weighted by atomic mass is 9.99. The van der Waals surface area contributed by atoms with Crippen LogP contribution in [0.5, 0.6) is 0 Å². The van der Waals surface area contributed by atoms with Gasteiger partial charge in [0.05, 0.1) is 18.7 Å². The van der Waals surface area contributed by atoms with E-state index in [2.05, 4.69) is 10.8 Å². The second-order valence-corrected chi connectivity index (χ2v) is 5.73. The van der Waals surface area contributed by atoms with Crippen LogP contribution in [0, 0.1) is 17.2 Å². The standard InChI is InChI=1S/C14H12N2.C6H12O2.C2H6/c15-9-11-5-7-12(8-6-11)14-4-2-1-3-13(14)10-16;1-5(2)4-6(7)8-3;1-2/h1-8H,9,15H2;5H,4H2,1-3H3;1-2H3. The van der Waals surface area contributed by atoms with Gasteiger partial charge in [0.2, 0.25) is 0 Å². The number of ether oxygens (including phenoxy) is 1. The highest BCUT2D eigenvalue weighted by molar-refractivity contribution is 5.70. The Bertz CT molecular complexity index is 686. The molecular weight excluding hydrogens is 324 g/mol. The Hall–Kier alpha value is -2.64. The molecule has 0 bridgehead atoms. The Balaban J connectivity index is 0.000000533. The number of nitrogens with zero attached hydrogens (tertiary/aromatic N) is 1. The third-order valence-corrected chi connectivity index (χ3v) is 3.35. The van der Waals surface area contributed by atoms with Crippen molar-refractivity contribution >= 4 is 5.97 Å². The van der Waals surface area contributed by atoms with Crippen LogP contribution in [-0.4, -0.2) is 13.1 Å². The summed E-state index contributed by atoms with van der Waals surface area (Å²) in [6, 6.07) is 17.8. The fourth-order valence-corrected chi connectivity index (χ4v) is 2.07. The van der Waals surface area contributed by atoms with Crippen LogP contribution >= 0.6 is 0 Å². The normalized spacial score (nSPS) is 9.15. The van der Waals surface area contributed by atoms with Gasteiger partial charge in [-0.25, -0.2) is 0 Å². The first-order valence-corrected chi connectivity index (χ1v) is 8.87. The van der Waals surface area contributed by atoms with Crippen molar-refractivity contribution in [3.8, 4) is 17.2 Å². The maximum Gasteiger partial charge on any atom is 0.305 e. The molecule has 2 aromatic rings. The molecular formula is C22H30N2O2. The van der Waals surface area contributed by atoms with E-state index in [1.165, 1.54) is 7.11 Å². The van der Waals surface area contributed by atoms with Gasteiger partial charge >= 0.3 is 5.97 Å². The number of hydrogen-bond acceptors (Lipinski definition) is 4. The molecule has 0 aliphatic heterocycles. The number of nitriles is 1. The molecule has 0 fully saturated rings. The van der Waals surface area contributed by atoms with Crippen LogP contribution in [0.1, 0.15) is 45.2 Å². The quantitative estimate of drug-likeness (QED) is 0.791. The van der Waals surface area contributed by atoms with E-state index in [0.717, 1.165) is 16.7 Å². The van der Waals surface area contributed by atoms with Crippen molar-refractivity contribution in [3.05, 3.63) is 59.7 Å². The zero-order valence-corrected chi connectivity index (χ0v) is 16.5. The van der Waals surface area contributed by atoms with Crippen molar-refractivity contribution in [1.82, 2.24) is 0 Å². The molecule has 0 aliphatic rings. The molecule has 2 aromatic carbocycles. The van der Waals surface area contributed by atoms with Gasteiger partial charge in [0.25, 0.3) is 0 Å². The summed E-state index contributed by atoms with van der Waals surface area (Å²) in [4.78, 5) is 10.4. The maximum atomic E-state index is 10.4. The van der Waals surface area contributed by atoms with Gasteiger partial charge in [0.15, 0.2) is 0 Å². The predicted octanol–water partition coefficient (Wildman–Crippen LogP) is 4.92. The van der Waals surface area contributed by atoms with Gasteiger partial charge in [0.1, 0.15) is 0 Å². The van der Waals surface area contributed by atoms with Gasteiger partial charge in [-0.3, -0.25) is 4.79 Å². The third kappa shape index (κ3) is 8.46. The molecule has 0 atom stereocenters. The SMILES string of the molecule is CC.COC(=O)CC(C)C.N#Cc1ccccc1-c1ccc(CN)cc1. The van der Waals surface area contributed by atoms with Crippen molar-refractivity contribution in [2.45, 2.75) is 40.7 Å². The largest absolute Gasteiger partial charge is 0.469 e. The molecule has 0 unspecified atom stereocenters. The van der Waals surface area contributed by atoms with Crippen LogP contribution in [0.25, 0.3) is 11.1 Å². The number of esters is 1. The third-order valence-electron chi connectivity index (χ3n) is 3.35. The molecule has 4 heteroatoms. The molecule has 4 nitrogen and oxygen atoms in total. The van der Waals surface area contributed by atoms with Gasteiger partial charge in [-0.05, 0) is 28.7 Å². The van der Waals surface area contributed by atoms with E-state index in [9.17, 15) is 4.79 Å². The number of carbonyl (C=O) groups is 1. The van der Waals surface area contributed by atoms with Crippen LogP contribution in [0.4, 0.5) is 0 Å². The molecule has 140 valence electrons. The van der Waals surface area contributed by atoms with Gasteiger partial charge in [-0.1, -0.05) is 70.2 Å². The van der Waals surface area contributed by atoms with Gasteiger partial charge in [0, 0.05) is 13.0 Å². The summed E-state index contributed by atoms with van der Waals surface area (Å²) in [5.41, 5.74) is 9.35. The molecule has 2 N–H and O–H groups in total. The monoisotopic (exact) mass is 354 g/mol. The average Bonchev–Trinajstić information content (AvgIpc) is 2.69. The summed E-state index contributed by atoms with van der Waals surface area (Å²) in [6.07, 6.45) is 0.524.